The first kappa shape index (κ1) is 31.5. The van der Waals surface area contributed by atoms with Crippen LogP contribution in [0, 0.1) is 12.7 Å². The maximum Gasteiger partial charge on any atom is 0.151 e. The second-order valence-corrected chi connectivity index (χ2v) is 9.52. The van der Waals surface area contributed by atoms with Crippen LogP contribution < -0.4 is 15.5 Å². The average molecular weight is 548 g/mol. The van der Waals surface area contributed by atoms with Gasteiger partial charge in [0.15, 0.2) is 5.82 Å². The van der Waals surface area contributed by atoms with Gasteiger partial charge in [-0.05, 0) is 73.4 Å². The Kier molecular flexibility index (Phi) is 12.6. The third-order valence-corrected chi connectivity index (χ3v) is 6.40. The van der Waals surface area contributed by atoms with Gasteiger partial charge in [-0.2, -0.15) is 0 Å². The van der Waals surface area contributed by atoms with Gasteiger partial charge in [0.2, 0.25) is 0 Å². The molecule has 0 aliphatic carbocycles. The molecule has 7 heteroatoms. The maximum absolute atomic E-state index is 13.8. The predicted octanol–water partition coefficient (Wildman–Crippen LogP) is 7.09. The van der Waals surface area contributed by atoms with Crippen molar-refractivity contribution in [2.45, 2.75) is 25.8 Å². The minimum Gasteiger partial charge on any atom is -0.393 e. The predicted molar refractivity (Wildman–Crippen MR) is 167 cm³/mol. The van der Waals surface area contributed by atoms with E-state index in [1.54, 1.807) is 6.07 Å². The lowest BCUT2D eigenvalue weighted by atomic mass is 9.98. The van der Waals surface area contributed by atoms with Crippen molar-refractivity contribution in [2.75, 3.05) is 33.1 Å². The molecule has 0 saturated carbocycles. The lowest BCUT2D eigenvalue weighted by Gasteiger charge is -2.20. The van der Waals surface area contributed by atoms with Crippen LogP contribution in [0.15, 0.2) is 80.7 Å². The van der Waals surface area contributed by atoms with E-state index >= 15 is 0 Å². The molecule has 39 heavy (non-hydrogen) atoms. The van der Waals surface area contributed by atoms with Gasteiger partial charge < -0.3 is 15.5 Å². The van der Waals surface area contributed by atoms with Crippen molar-refractivity contribution in [3.05, 3.63) is 114 Å². The summed E-state index contributed by atoms with van der Waals surface area (Å²) in [6.45, 7) is 13.2. The third kappa shape index (κ3) is 8.91. The highest BCUT2D eigenvalue weighted by molar-refractivity contribution is 6.32. The Bertz CT molecular complexity index is 1320. The fourth-order valence-electron chi connectivity index (χ4n) is 3.96. The molecule has 2 aromatic carbocycles. The Hall–Kier alpha value is -3.74. The number of halogens is 2. The van der Waals surface area contributed by atoms with Crippen LogP contribution in [0.2, 0.25) is 5.02 Å². The highest BCUT2D eigenvalue weighted by atomic mass is 35.5. The Morgan fingerprint density at radius 1 is 1.13 bits per heavy atom. The van der Waals surface area contributed by atoms with Crippen LogP contribution in [-0.4, -0.2) is 44.2 Å². The van der Waals surface area contributed by atoms with E-state index in [4.69, 9.17) is 11.6 Å². The molecule has 2 N–H and O–H groups in total. The smallest absolute Gasteiger partial charge is 0.151 e. The first-order chi connectivity index (χ1) is 18.7. The maximum atomic E-state index is 13.8. The molecule has 5 nitrogen and oxygen atoms in total. The topological polar surface area (TPSA) is 53.1 Å². The highest BCUT2D eigenvalue weighted by Gasteiger charge is 2.12. The Balaban J connectivity index is 0.000000282. The summed E-state index contributed by atoms with van der Waals surface area (Å²) < 4.78 is 13.8. The minimum atomic E-state index is -0.347. The van der Waals surface area contributed by atoms with E-state index in [9.17, 15) is 4.39 Å². The average Bonchev–Trinajstić information content (AvgIpc) is 2.93. The second-order valence-electron chi connectivity index (χ2n) is 9.11. The van der Waals surface area contributed by atoms with E-state index in [1.807, 2.05) is 45.4 Å². The summed E-state index contributed by atoms with van der Waals surface area (Å²) in [5.74, 6) is 0.0741. The molecule has 0 bridgehead atoms. The molecule has 0 saturated heterocycles. The van der Waals surface area contributed by atoms with Gasteiger partial charge in [-0.3, -0.25) is 0 Å². The number of aryl methyl sites for hydroxylation is 2. The van der Waals surface area contributed by atoms with Crippen LogP contribution in [0.25, 0.3) is 22.9 Å². The van der Waals surface area contributed by atoms with Crippen LogP contribution in [-0.2, 0) is 6.42 Å². The molecule has 1 aromatic heterocycles. The van der Waals surface area contributed by atoms with E-state index < -0.39 is 0 Å². The molecular formula is C32H39ClFN5. The number of hydrogen-bond donors (Lipinski definition) is 2. The van der Waals surface area contributed by atoms with Crippen LogP contribution >= 0.6 is 11.6 Å². The number of aromatic nitrogens is 2. The monoisotopic (exact) mass is 547 g/mol. The largest absolute Gasteiger partial charge is 0.393 e. The number of allylic oxidation sites excluding steroid dienone is 2. The number of likely N-dealkylation sites (N-methyl/N-ethyl adjacent to an activating group) is 1. The number of benzene rings is 2. The van der Waals surface area contributed by atoms with E-state index in [0.717, 1.165) is 24.0 Å². The van der Waals surface area contributed by atoms with Gasteiger partial charge >= 0.3 is 0 Å². The number of nitrogens with zero attached hydrogens (tertiary/aromatic N) is 3. The van der Waals surface area contributed by atoms with E-state index in [1.165, 1.54) is 35.2 Å². The van der Waals surface area contributed by atoms with Gasteiger partial charge in [0.25, 0.3) is 0 Å². The molecule has 206 valence electrons. The van der Waals surface area contributed by atoms with Gasteiger partial charge in [-0.25, -0.2) is 14.4 Å². The van der Waals surface area contributed by atoms with Gasteiger partial charge in [-0.15, -0.1) is 6.58 Å². The van der Waals surface area contributed by atoms with Gasteiger partial charge in [-0.1, -0.05) is 55.1 Å². The zero-order valence-electron chi connectivity index (χ0n) is 23.6. The molecule has 0 spiro atoms. The minimum absolute atomic E-state index is 0.318. The lowest BCUT2D eigenvalue weighted by Crippen LogP contribution is -2.23. The first-order valence-corrected chi connectivity index (χ1v) is 13.1. The Labute approximate surface area is 237 Å². The van der Waals surface area contributed by atoms with Gasteiger partial charge in [0, 0.05) is 44.6 Å². The summed E-state index contributed by atoms with van der Waals surface area (Å²) in [5.41, 5.74) is 6.46. The quantitative estimate of drug-likeness (QED) is 0.198. The first-order valence-electron chi connectivity index (χ1n) is 12.7. The van der Waals surface area contributed by atoms with E-state index in [0.29, 0.717) is 28.1 Å². The van der Waals surface area contributed by atoms with Gasteiger partial charge in [0.05, 0.1) is 16.9 Å². The molecule has 3 aromatic rings. The van der Waals surface area contributed by atoms with E-state index in [2.05, 4.69) is 77.5 Å². The molecule has 1 unspecified atom stereocenters. The van der Waals surface area contributed by atoms with Crippen molar-refractivity contribution < 1.29 is 4.39 Å². The van der Waals surface area contributed by atoms with Crippen molar-refractivity contribution in [1.82, 2.24) is 20.6 Å². The number of hydrogen-bond acceptors (Lipinski definition) is 5. The normalized spacial score (nSPS) is 11.6. The molecule has 0 radical (unpaired) electrons. The highest BCUT2D eigenvalue weighted by Crippen LogP contribution is 2.28. The van der Waals surface area contributed by atoms with Crippen molar-refractivity contribution in [3.63, 3.8) is 0 Å². The fourth-order valence-corrected chi connectivity index (χ4v) is 4.15. The summed E-state index contributed by atoms with van der Waals surface area (Å²) in [6.07, 6.45) is 10.8. The standard InChI is InChI=1S/C19H29N3.C13H10ClFN2/c1-7-15(14-20-3)17-10-9-16(19(13-17)22(5)6)11-12-18(8-2)21-4;1-3-12-16-7-10(14)13(17-12)9-5-4-8(2)6-11(9)15/h7-10,13-14,18,20-21H,1-2,11-12H2,3-6H3;3-7H,1H2,2H3/b15-14+;. The van der Waals surface area contributed by atoms with Crippen LogP contribution in [0.1, 0.15) is 28.9 Å². The molecule has 1 atom stereocenters. The van der Waals surface area contributed by atoms with Gasteiger partial charge in [0.1, 0.15) is 5.82 Å². The molecule has 0 fully saturated rings. The zero-order valence-corrected chi connectivity index (χ0v) is 24.3. The van der Waals surface area contributed by atoms with Crippen molar-refractivity contribution in [2.24, 2.45) is 0 Å². The summed E-state index contributed by atoms with van der Waals surface area (Å²) in [4.78, 5) is 10.3. The summed E-state index contributed by atoms with van der Waals surface area (Å²) in [6, 6.07) is 11.9. The summed E-state index contributed by atoms with van der Waals surface area (Å²) in [5, 5.41) is 6.65. The number of anilines is 1. The van der Waals surface area contributed by atoms with Crippen molar-refractivity contribution >= 4 is 28.9 Å². The molecule has 0 aliphatic heterocycles. The molecule has 0 aliphatic rings. The molecular weight excluding hydrogens is 509 g/mol. The number of rotatable bonds is 11. The summed E-state index contributed by atoms with van der Waals surface area (Å²) in [7, 11) is 8.04. The SMILES string of the molecule is C=C/C(=C\NC)c1ccc(CCC(C=C)NC)c(N(C)C)c1.C=Cc1ncc(Cl)c(-c2ccc(C)cc2F)n1. The van der Waals surface area contributed by atoms with Crippen LogP contribution in [0.3, 0.4) is 0 Å². The van der Waals surface area contributed by atoms with Crippen LogP contribution in [0.4, 0.5) is 10.1 Å². The zero-order chi connectivity index (χ0) is 28.9. The summed E-state index contributed by atoms with van der Waals surface area (Å²) >= 11 is 5.97. The second kappa shape index (κ2) is 15.6. The molecule has 0 amide bonds. The van der Waals surface area contributed by atoms with Crippen molar-refractivity contribution in [3.8, 4) is 11.3 Å². The Morgan fingerprint density at radius 3 is 2.44 bits per heavy atom. The van der Waals surface area contributed by atoms with E-state index in [-0.39, 0.29) is 5.82 Å². The Morgan fingerprint density at radius 2 is 1.87 bits per heavy atom. The lowest BCUT2D eigenvalue weighted by molar-refractivity contribution is 0.615. The molecule has 1 heterocycles. The third-order valence-electron chi connectivity index (χ3n) is 6.13. The van der Waals surface area contributed by atoms with Crippen molar-refractivity contribution in [1.29, 1.82) is 0 Å². The molecule has 3 rings (SSSR count). The number of nitrogens with one attached hydrogen (secondary N) is 2. The fraction of sp³-hybridized carbons (Fsp3) is 0.250. The van der Waals surface area contributed by atoms with Crippen LogP contribution in [0.5, 0.6) is 0 Å².